The van der Waals surface area contributed by atoms with Crippen LogP contribution in [0.15, 0.2) is 18.2 Å². The summed E-state index contributed by atoms with van der Waals surface area (Å²) in [4.78, 5) is 22.5. The molecule has 1 fully saturated rings. The number of nitro benzene ring substituents is 1. The lowest BCUT2D eigenvalue weighted by atomic mass is 10.1. The quantitative estimate of drug-likeness (QED) is 0.667. The summed E-state index contributed by atoms with van der Waals surface area (Å²) in [5.74, 6) is -1.81. The molecule has 1 aromatic rings. The Hall–Kier alpha value is -2.18. The molecular weight excluding hydrogens is 255 g/mol. The number of hydrogen-bond acceptors (Lipinski definition) is 4. The van der Waals surface area contributed by atoms with E-state index in [1.807, 2.05) is 0 Å². The summed E-state index contributed by atoms with van der Waals surface area (Å²) in [5, 5.41) is 19.6. The molecule has 1 unspecified atom stereocenters. The minimum absolute atomic E-state index is 0.0274. The molecule has 0 aliphatic carbocycles. The van der Waals surface area contributed by atoms with Crippen molar-refractivity contribution in [3.8, 4) is 0 Å². The van der Waals surface area contributed by atoms with Gasteiger partial charge in [0, 0.05) is 19.5 Å². The van der Waals surface area contributed by atoms with Crippen LogP contribution in [0.2, 0.25) is 0 Å². The summed E-state index contributed by atoms with van der Waals surface area (Å²) >= 11 is 0. The molecule has 1 aliphatic rings. The number of nitrogens with zero attached hydrogens (tertiary/aromatic N) is 2. The van der Waals surface area contributed by atoms with Crippen molar-refractivity contribution in [2.45, 2.75) is 12.8 Å². The molecule has 19 heavy (non-hydrogen) atoms. The molecule has 1 atom stereocenters. The van der Waals surface area contributed by atoms with E-state index in [1.165, 1.54) is 12.1 Å². The third-order valence-electron chi connectivity index (χ3n) is 3.24. The van der Waals surface area contributed by atoms with Gasteiger partial charge in [-0.1, -0.05) is 6.07 Å². The summed E-state index contributed by atoms with van der Waals surface area (Å²) in [6, 6.07) is 3.96. The maximum Gasteiger partial charge on any atom is 0.327 e. The number of anilines is 1. The second-order valence-corrected chi connectivity index (χ2v) is 4.56. The molecule has 0 bridgehead atoms. The molecule has 1 N–H and O–H groups in total. The zero-order chi connectivity index (χ0) is 14.0. The summed E-state index contributed by atoms with van der Waals surface area (Å²) in [7, 11) is 0. The van der Waals surface area contributed by atoms with Crippen LogP contribution in [0.3, 0.4) is 0 Å². The summed E-state index contributed by atoms with van der Waals surface area (Å²) < 4.78 is 13.5. The molecule has 102 valence electrons. The van der Waals surface area contributed by atoms with E-state index in [-0.39, 0.29) is 18.0 Å². The zero-order valence-corrected chi connectivity index (χ0v) is 10.1. The van der Waals surface area contributed by atoms with Gasteiger partial charge in [0.25, 0.3) is 0 Å². The van der Waals surface area contributed by atoms with Crippen molar-refractivity contribution in [1.82, 2.24) is 0 Å². The summed E-state index contributed by atoms with van der Waals surface area (Å²) in [5.41, 5.74) is -0.323. The van der Waals surface area contributed by atoms with Crippen LogP contribution in [0, 0.1) is 21.8 Å². The average molecular weight is 268 g/mol. The lowest BCUT2D eigenvalue weighted by Gasteiger charge is -2.18. The van der Waals surface area contributed by atoms with Crippen LogP contribution in [-0.2, 0) is 4.79 Å². The van der Waals surface area contributed by atoms with Crippen LogP contribution in [0.4, 0.5) is 15.8 Å². The maximum absolute atomic E-state index is 13.5. The second kappa shape index (κ2) is 5.21. The normalized spacial score (nSPS) is 18.6. The lowest BCUT2D eigenvalue weighted by molar-refractivity contribution is -0.386. The minimum atomic E-state index is -0.888. The van der Waals surface area contributed by atoms with Gasteiger partial charge in [0.05, 0.1) is 4.92 Å². The van der Waals surface area contributed by atoms with Crippen molar-refractivity contribution in [3.05, 3.63) is 34.1 Å². The Balaban J connectivity index is 2.22. The van der Waals surface area contributed by atoms with Crippen LogP contribution >= 0.6 is 0 Å². The van der Waals surface area contributed by atoms with E-state index in [9.17, 15) is 19.3 Å². The third kappa shape index (κ3) is 2.81. The van der Waals surface area contributed by atoms with Crippen LogP contribution in [-0.4, -0.2) is 29.1 Å². The van der Waals surface area contributed by atoms with Crippen molar-refractivity contribution in [1.29, 1.82) is 0 Å². The van der Waals surface area contributed by atoms with E-state index < -0.39 is 22.4 Å². The number of carbonyl (C=O) groups is 1. The molecular formula is C12H13FN2O4. The van der Waals surface area contributed by atoms with Crippen molar-refractivity contribution >= 4 is 17.3 Å². The van der Waals surface area contributed by atoms with Gasteiger partial charge in [0.2, 0.25) is 5.82 Å². The topological polar surface area (TPSA) is 83.7 Å². The van der Waals surface area contributed by atoms with Gasteiger partial charge >= 0.3 is 11.7 Å². The molecule has 6 nitrogen and oxygen atoms in total. The number of aliphatic carboxylic acids is 1. The van der Waals surface area contributed by atoms with Crippen LogP contribution < -0.4 is 4.90 Å². The number of nitro groups is 1. The Morgan fingerprint density at radius 1 is 1.58 bits per heavy atom. The van der Waals surface area contributed by atoms with E-state index in [0.717, 1.165) is 6.07 Å². The monoisotopic (exact) mass is 268 g/mol. The molecule has 0 spiro atoms. The molecule has 1 aliphatic heterocycles. The van der Waals surface area contributed by atoms with Gasteiger partial charge in [-0.25, -0.2) is 0 Å². The lowest BCUT2D eigenvalue weighted by Crippen LogP contribution is -2.21. The first-order valence-corrected chi connectivity index (χ1v) is 5.88. The standard InChI is InChI=1S/C12H13FN2O4/c13-9-2-1-3-10(12(9)15(18)19)14-5-4-8(7-14)6-11(16)17/h1-3,8H,4-7H2,(H,16,17). The third-order valence-corrected chi connectivity index (χ3v) is 3.24. The van der Waals surface area contributed by atoms with E-state index in [1.54, 1.807) is 4.90 Å². The number of para-hydroxylation sites is 1. The SMILES string of the molecule is O=C(O)CC1CCN(c2cccc(F)c2[N+](=O)[O-])C1. The van der Waals surface area contributed by atoms with Crippen molar-refractivity contribution < 1.29 is 19.2 Å². The first kappa shape index (κ1) is 13.3. The predicted octanol–water partition coefficient (Wildman–Crippen LogP) is 2.03. The Labute approximate surface area is 108 Å². The first-order chi connectivity index (χ1) is 8.99. The fraction of sp³-hybridized carbons (Fsp3) is 0.417. The Morgan fingerprint density at radius 3 is 2.95 bits per heavy atom. The van der Waals surface area contributed by atoms with E-state index in [2.05, 4.69) is 0 Å². The van der Waals surface area contributed by atoms with E-state index >= 15 is 0 Å². The van der Waals surface area contributed by atoms with Crippen LogP contribution in [0.25, 0.3) is 0 Å². The van der Waals surface area contributed by atoms with E-state index in [4.69, 9.17) is 5.11 Å². The molecule has 0 amide bonds. The first-order valence-electron chi connectivity index (χ1n) is 5.88. The molecule has 0 saturated carbocycles. The van der Waals surface area contributed by atoms with Crippen LogP contribution in [0.5, 0.6) is 0 Å². The number of hydrogen-bond donors (Lipinski definition) is 1. The zero-order valence-electron chi connectivity index (χ0n) is 10.1. The second-order valence-electron chi connectivity index (χ2n) is 4.56. The highest BCUT2D eigenvalue weighted by Crippen LogP contribution is 2.34. The molecule has 7 heteroatoms. The fourth-order valence-corrected chi connectivity index (χ4v) is 2.40. The number of benzene rings is 1. The minimum Gasteiger partial charge on any atom is -0.481 e. The highest BCUT2D eigenvalue weighted by molar-refractivity contribution is 5.68. The Bertz CT molecular complexity index is 520. The van der Waals surface area contributed by atoms with Gasteiger partial charge in [-0.3, -0.25) is 14.9 Å². The molecule has 1 aromatic carbocycles. The van der Waals surface area contributed by atoms with Gasteiger partial charge < -0.3 is 10.0 Å². The smallest absolute Gasteiger partial charge is 0.327 e. The van der Waals surface area contributed by atoms with E-state index in [0.29, 0.717) is 19.5 Å². The number of halogens is 1. The largest absolute Gasteiger partial charge is 0.481 e. The van der Waals surface area contributed by atoms with Gasteiger partial charge in [0.1, 0.15) is 5.69 Å². The Morgan fingerprint density at radius 2 is 2.32 bits per heavy atom. The van der Waals surface area contributed by atoms with Gasteiger partial charge in [-0.05, 0) is 24.5 Å². The number of carboxylic acids is 1. The highest BCUT2D eigenvalue weighted by Gasteiger charge is 2.30. The van der Waals surface area contributed by atoms with Gasteiger partial charge in [-0.15, -0.1) is 0 Å². The summed E-state index contributed by atoms with van der Waals surface area (Å²) in [6.45, 7) is 0.902. The van der Waals surface area contributed by atoms with Gasteiger partial charge in [-0.2, -0.15) is 4.39 Å². The molecule has 1 heterocycles. The Kier molecular flexibility index (Phi) is 3.64. The molecule has 0 aromatic heterocycles. The molecule has 0 radical (unpaired) electrons. The van der Waals surface area contributed by atoms with Gasteiger partial charge in [0.15, 0.2) is 0 Å². The number of carboxylic acid groups (broad SMARTS) is 1. The number of rotatable bonds is 4. The fourth-order valence-electron chi connectivity index (χ4n) is 2.40. The maximum atomic E-state index is 13.5. The predicted molar refractivity (Wildman–Crippen MR) is 65.6 cm³/mol. The summed E-state index contributed by atoms with van der Waals surface area (Å²) in [6.07, 6.45) is 0.666. The molecule has 1 saturated heterocycles. The van der Waals surface area contributed by atoms with Crippen molar-refractivity contribution in [2.75, 3.05) is 18.0 Å². The van der Waals surface area contributed by atoms with Crippen molar-refractivity contribution in [3.63, 3.8) is 0 Å². The molecule has 2 rings (SSSR count). The highest BCUT2D eigenvalue weighted by atomic mass is 19.1. The average Bonchev–Trinajstić information content (AvgIpc) is 2.75. The van der Waals surface area contributed by atoms with Crippen molar-refractivity contribution in [2.24, 2.45) is 5.92 Å². The van der Waals surface area contributed by atoms with Crippen LogP contribution in [0.1, 0.15) is 12.8 Å².